The van der Waals surface area contributed by atoms with Crippen molar-refractivity contribution < 1.29 is 15.0 Å². The number of hydrogen-bond donors (Lipinski definition) is 2. The maximum atomic E-state index is 10.8. The van der Waals surface area contributed by atoms with E-state index in [4.69, 9.17) is 10.6 Å². The van der Waals surface area contributed by atoms with E-state index in [2.05, 4.69) is 10.0 Å². The summed E-state index contributed by atoms with van der Waals surface area (Å²) < 4.78 is 0. The molecule has 0 saturated carbocycles. The van der Waals surface area contributed by atoms with Gasteiger partial charge in [0.15, 0.2) is 6.10 Å². The largest absolute Gasteiger partial charge is 0.479 e. The number of nitrogens with zero attached hydrogens (tertiary/aromatic N) is 3. The number of hydrogen-bond acceptors (Lipinski definition) is 3. The van der Waals surface area contributed by atoms with Gasteiger partial charge in [0.1, 0.15) is 5.54 Å². The quantitative estimate of drug-likeness (QED) is 0.458. The van der Waals surface area contributed by atoms with Gasteiger partial charge in [-0.15, -0.1) is 0 Å². The lowest BCUT2D eigenvalue weighted by molar-refractivity contribution is -0.150. The van der Waals surface area contributed by atoms with Crippen molar-refractivity contribution in [2.24, 2.45) is 5.11 Å². The molecule has 6 nitrogen and oxygen atoms in total. The molecule has 0 aliphatic carbocycles. The van der Waals surface area contributed by atoms with Crippen molar-refractivity contribution in [2.45, 2.75) is 18.6 Å². The summed E-state index contributed by atoms with van der Waals surface area (Å²) in [5.41, 5.74) is 7.38. The highest BCUT2D eigenvalue weighted by molar-refractivity contribution is 5.74. The lowest BCUT2D eigenvalue weighted by atomic mass is 9.87. The zero-order chi connectivity index (χ0) is 12.2. The number of carboxylic acids is 1. The van der Waals surface area contributed by atoms with E-state index < -0.39 is 17.6 Å². The fraction of sp³-hybridized carbons (Fsp3) is 0.300. The molecular formula is C10H11N3O3. The topological polar surface area (TPSA) is 106 Å². The van der Waals surface area contributed by atoms with E-state index in [1.165, 1.54) is 6.92 Å². The van der Waals surface area contributed by atoms with Gasteiger partial charge in [-0.05, 0) is 18.0 Å². The van der Waals surface area contributed by atoms with Crippen LogP contribution in [0.4, 0.5) is 0 Å². The van der Waals surface area contributed by atoms with Gasteiger partial charge in [-0.2, -0.15) is 0 Å². The molecule has 0 amide bonds. The molecule has 1 aromatic carbocycles. The van der Waals surface area contributed by atoms with E-state index in [9.17, 15) is 9.90 Å². The minimum atomic E-state index is -1.79. The predicted octanol–water partition coefficient (Wildman–Crippen LogP) is 1.66. The van der Waals surface area contributed by atoms with Gasteiger partial charge in [0.05, 0.1) is 0 Å². The van der Waals surface area contributed by atoms with Gasteiger partial charge in [-0.3, -0.25) is 0 Å². The Hall–Kier alpha value is -2.04. The molecule has 0 radical (unpaired) electrons. The van der Waals surface area contributed by atoms with E-state index in [0.29, 0.717) is 5.56 Å². The summed E-state index contributed by atoms with van der Waals surface area (Å²) >= 11 is 0. The van der Waals surface area contributed by atoms with E-state index in [0.717, 1.165) is 0 Å². The Morgan fingerprint density at radius 1 is 1.50 bits per heavy atom. The molecule has 0 spiro atoms. The van der Waals surface area contributed by atoms with Crippen LogP contribution in [0.15, 0.2) is 35.4 Å². The molecule has 6 heteroatoms. The van der Waals surface area contributed by atoms with E-state index >= 15 is 0 Å². The Balaban J connectivity index is 3.27. The van der Waals surface area contributed by atoms with Crippen LogP contribution in [-0.4, -0.2) is 22.3 Å². The van der Waals surface area contributed by atoms with Crippen molar-refractivity contribution >= 4 is 5.97 Å². The highest BCUT2D eigenvalue weighted by atomic mass is 16.4. The molecule has 2 atom stereocenters. The van der Waals surface area contributed by atoms with E-state index in [1.807, 2.05) is 0 Å². The second-order valence-electron chi connectivity index (χ2n) is 3.44. The molecule has 84 valence electrons. The first kappa shape index (κ1) is 12.0. The summed E-state index contributed by atoms with van der Waals surface area (Å²) in [6.45, 7) is 1.38. The summed E-state index contributed by atoms with van der Waals surface area (Å²) in [4.78, 5) is 13.4. The molecule has 2 N–H and O–H groups in total. The number of aliphatic hydroxyl groups excluding tert-OH is 1. The Morgan fingerprint density at radius 3 is 2.50 bits per heavy atom. The summed E-state index contributed by atoms with van der Waals surface area (Å²) in [5, 5.41) is 21.7. The number of rotatable bonds is 4. The van der Waals surface area contributed by atoms with Crippen molar-refractivity contribution in [3.8, 4) is 0 Å². The first-order valence-corrected chi connectivity index (χ1v) is 4.55. The Morgan fingerprint density at radius 2 is 2.06 bits per heavy atom. The fourth-order valence-corrected chi connectivity index (χ4v) is 1.38. The molecule has 0 unspecified atom stereocenters. The van der Waals surface area contributed by atoms with Crippen molar-refractivity contribution in [1.29, 1.82) is 0 Å². The number of aliphatic hydroxyl groups is 1. The minimum Gasteiger partial charge on any atom is -0.479 e. The van der Waals surface area contributed by atoms with Crippen molar-refractivity contribution in [2.75, 3.05) is 0 Å². The van der Waals surface area contributed by atoms with Crippen LogP contribution in [0.3, 0.4) is 0 Å². The summed E-state index contributed by atoms with van der Waals surface area (Å²) in [6.07, 6.45) is -1.79. The number of carboxylic acid groups (broad SMARTS) is 1. The van der Waals surface area contributed by atoms with Crippen molar-refractivity contribution in [3.05, 3.63) is 46.3 Å². The number of carbonyl (C=O) groups is 1. The van der Waals surface area contributed by atoms with E-state index in [-0.39, 0.29) is 0 Å². The van der Waals surface area contributed by atoms with Crippen LogP contribution in [-0.2, 0) is 10.3 Å². The van der Waals surface area contributed by atoms with Gasteiger partial charge in [-0.1, -0.05) is 35.4 Å². The molecule has 0 heterocycles. The zero-order valence-corrected chi connectivity index (χ0v) is 8.61. The highest BCUT2D eigenvalue weighted by Gasteiger charge is 2.38. The minimum absolute atomic E-state index is 0.447. The SMILES string of the molecule is C[C@](N=[N+]=[N-])(c1ccccc1)[C@@H](O)C(=O)O. The van der Waals surface area contributed by atoms with E-state index in [1.54, 1.807) is 30.3 Å². The molecule has 0 aromatic heterocycles. The normalized spacial score (nSPS) is 15.6. The standard InChI is InChI=1S/C10H11N3O3/c1-10(12-13-11,8(14)9(15)16)7-5-3-2-4-6-7/h2-6,8,14H,1H3,(H,15,16)/t8-,10-/m0/s1. The van der Waals surface area contributed by atoms with Gasteiger partial charge in [0, 0.05) is 4.91 Å². The Bertz CT molecular complexity index is 428. The van der Waals surface area contributed by atoms with Crippen LogP contribution in [0.25, 0.3) is 10.4 Å². The maximum Gasteiger partial charge on any atom is 0.333 e. The number of benzene rings is 1. The second kappa shape index (κ2) is 4.65. The third kappa shape index (κ3) is 2.13. The lowest BCUT2D eigenvalue weighted by Gasteiger charge is -2.27. The zero-order valence-electron chi connectivity index (χ0n) is 8.61. The van der Waals surface area contributed by atoms with Crippen LogP contribution in [0.1, 0.15) is 12.5 Å². The van der Waals surface area contributed by atoms with Crippen LogP contribution >= 0.6 is 0 Å². The Labute approximate surface area is 91.8 Å². The van der Waals surface area contributed by atoms with Crippen LogP contribution in [0.5, 0.6) is 0 Å². The van der Waals surface area contributed by atoms with Crippen molar-refractivity contribution in [1.82, 2.24) is 0 Å². The van der Waals surface area contributed by atoms with Gasteiger partial charge >= 0.3 is 5.97 Å². The Kier molecular flexibility index (Phi) is 3.50. The average molecular weight is 221 g/mol. The van der Waals surface area contributed by atoms with Crippen molar-refractivity contribution in [3.63, 3.8) is 0 Å². The third-order valence-electron chi connectivity index (χ3n) is 2.38. The molecule has 0 aliphatic heterocycles. The molecule has 0 aliphatic rings. The van der Waals surface area contributed by atoms with Gasteiger partial charge in [0.25, 0.3) is 0 Å². The molecule has 0 saturated heterocycles. The highest BCUT2D eigenvalue weighted by Crippen LogP contribution is 2.29. The first-order valence-electron chi connectivity index (χ1n) is 4.55. The molecule has 0 bridgehead atoms. The molecule has 16 heavy (non-hydrogen) atoms. The van der Waals surface area contributed by atoms with Crippen LogP contribution < -0.4 is 0 Å². The average Bonchev–Trinajstić information content (AvgIpc) is 2.29. The predicted molar refractivity (Wildman–Crippen MR) is 56.6 cm³/mol. The number of aliphatic carboxylic acids is 1. The van der Waals surface area contributed by atoms with Crippen LogP contribution in [0.2, 0.25) is 0 Å². The molecule has 1 rings (SSSR count). The second-order valence-corrected chi connectivity index (χ2v) is 3.44. The molecule has 0 fully saturated rings. The maximum absolute atomic E-state index is 10.8. The monoisotopic (exact) mass is 221 g/mol. The third-order valence-corrected chi connectivity index (χ3v) is 2.38. The summed E-state index contributed by atoms with van der Waals surface area (Å²) in [5.74, 6) is -1.43. The molecule has 1 aromatic rings. The van der Waals surface area contributed by atoms with Gasteiger partial charge < -0.3 is 10.2 Å². The van der Waals surface area contributed by atoms with Gasteiger partial charge in [-0.25, -0.2) is 4.79 Å². The fourth-order valence-electron chi connectivity index (χ4n) is 1.38. The summed E-state index contributed by atoms with van der Waals surface area (Å²) in [6, 6.07) is 8.29. The van der Waals surface area contributed by atoms with Gasteiger partial charge in [0.2, 0.25) is 0 Å². The number of azide groups is 1. The smallest absolute Gasteiger partial charge is 0.333 e. The van der Waals surface area contributed by atoms with Crippen LogP contribution in [0, 0.1) is 0 Å². The first-order chi connectivity index (χ1) is 7.52. The lowest BCUT2D eigenvalue weighted by Crippen LogP contribution is -2.40. The summed E-state index contributed by atoms with van der Waals surface area (Å²) in [7, 11) is 0. The molecular weight excluding hydrogens is 210 g/mol.